The molecule has 0 radical (unpaired) electrons. The van der Waals surface area contributed by atoms with Gasteiger partial charge in [-0.05, 0) is 38.2 Å². The van der Waals surface area contributed by atoms with Crippen LogP contribution in [-0.2, 0) is 22.4 Å². The molecule has 0 spiro atoms. The summed E-state index contributed by atoms with van der Waals surface area (Å²) < 4.78 is 4.81. The molecule has 9 heteroatoms. The van der Waals surface area contributed by atoms with Gasteiger partial charge >= 0.3 is 18.0 Å². The smallest absolute Gasteiger partial charge is 0.341 e. The van der Waals surface area contributed by atoms with Gasteiger partial charge in [-0.25, -0.2) is 14.4 Å². The van der Waals surface area contributed by atoms with Crippen LogP contribution in [-0.4, -0.2) is 47.4 Å². The van der Waals surface area contributed by atoms with Gasteiger partial charge in [-0.2, -0.15) is 0 Å². The zero-order chi connectivity index (χ0) is 17.9. The number of carbonyl (C=O) groups is 3. The standard InChI is InChI=1S/C15H20N2O6S/c1-15(22,13(19)20)7-16-14(21)17-11-10(12(18)23-2)8-5-3-4-6-9(8)24-11/h22H,3-7H2,1-2H3,(H,19,20)(H2,16,17,21). The van der Waals surface area contributed by atoms with E-state index in [0.29, 0.717) is 10.6 Å². The van der Waals surface area contributed by atoms with Crippen molar-refractivity contribution in [1.82, 2.24) is 5.32 Å². The number of ether oxygens (including phenoxy) is 1. The van der Waals surface area contributed by atoms with Crippen molar-refractivity contribution in [1.29, 1.82) is 0 Å². The number of aryl methyl sites for hydroxylation is 1. The Kier molecular flexibility index (Phi) is 5.45. The van der Waals surface area contributed by atoms with Gasteiger partial charge in [0.05, 0.1) is 19.2 Å². The molecule has 0 aromatic carbocycles. The number of carboxylic acid groups (broad SMARTS) is 1. The highest BCUT2D eigenvalue weighted by Gasteiger charge is 2.31. The number of fused-ring (bicyclic) bond motifs is 1. The molecule has 0 saturated carbocycles. The lowest BCUT2D eigenvalue weighted by Gasteiger charge is -2.18. The van der Waals surface area contributed by atoms with Crippen molar-refractivity contribution in [2.24, 2.45) is 0 Å². The summed E-state index contributed by atoms with van der Waals surface area (Å²) in [5, 5.41) is 23.7. The molecular formula is C15H20N2O6S. The van der Waals surface area contributed by atoms with Gasteiger partial charge in [0, 0.05) is 4.88 Å². The second-order valence-corrected chi connectivity index (χ2v) is 6.90. The molecule has 1 aliphatic carbocycles. The monoisotopic (exact) mass is 356 g/mol. The fourth-order valence-electron chi connectivity index (χ4n) is 2.45. The van der Waals surface area contributed by atoms with Crippen LogP contribution in [0.15, 0.2) is 0 Å². The minimum atomic E-state index is -2.07. The number of thiophene rings is 1. The highest BCUT2D eigenvalue weighted by molar-refractivity contribution is 7.17. The van der Waals surface area contributed by atoms with Crippen LogP contribution in [0.4, 0.5) is 9.80 Å². The molecule has 1 aliphatic rings. The molecule has 24 heavy (non-hydrogen) atoms. The van der Waals surface area contributed by atoms with E-state index in [9.17, 15) is 19.5 Å². The summed E-state index contributed by atoms with van der Waals surface area (Å²) in [5.74, 6) is -1.95. The van der Waals surface area contributed by atoms with Crippen LogP contribution in [0.25, 0.3) is 0 Å². The third-order valence-corrected chi connectivity index (χ3v) is 5.05. The normalized spacial score (nSPS) is 15.8. The van der Waals surface area contributed by atoms with Gasteiger partial charge in [-0.3, -0.25) is 5.32 Å². The number of nitrogens with one attached hydrogen (secondary N) is 2. The average Bonchev–Trinajstić information content (AvgIpc) is 2.90. The van der Waals surface area contributed by atoms with Crippen molar-refractivity contribution in [3.63, 3.8) is 0 Å². The van der Waals surface area contributed by atoms with E-state index in [0.717, 1.165) is 43.0 Å². The third kappa shape index (κ3) is 3.85. The first kappa shape index (κ1) is 18.2. The molecule has 2 rings (SSSR count). The Hall–Kier alpha value is -2.13. The average molecular weight is 356 g/mol. The van der Waals surface area contributed by atoms with Crippen molar-refractivity contribution in [2.75, 3.05) is 19.0 Å². The molecule has 4 N–H and O–H groups in total. The number of hydrogen-bond donors (Lipinski definition) is 4. The quantitative estimate of drug-likeness (QED) is 0.591. The summed E-state index contributed by atoms with van der Waals surface area (Å²) in [5.41, 5.74) is -0.805. The summed E-state index contributed by atoms with van der Waals surface area (Å²) in [6, 6.07) is -0.694. The predicted molar refractivity (Wildman–Crippen MR) is 87.6 cm³/mol. The number of carboxylic acids is 1. The maximum atomic E-state index is 12.1. The zero-order valence-electron chi connectivity index (χ0n) is 13.5. The van der Waals surface area contributed by atoms with Gasteiger partial charge in [0.1, 0.15) is 5.00 Å². The highest BCUT2D eigenvalue weighted by atomic mass is 32.1. The largest absolute Gasteiger partial charge is 0.479 e. The van der Waals surface area contributed by atoms with Crippen molar-refractivity contribution < 1.29 is 29.3 Å². The Balaban J connectivity index is 2.14. The van der Waals surface area contributed by atoms with Crippen LogP contribution in [0, 0.1) is 0 Å². The van der Waals surface area contributed by atoms with E-state index in [1.807, 2.05) is 0 Å². The number of rotatable bonds is 5. The number of hydrogen-bond acceptors (Lipinski definition) is 6. The van der Waals surface area contributed by atoms with Crippen LogP contribution in [0.2, 0.25) is 0 Å². The molecule has 1 atom stereocenters. The Morgan fingerprint density at radius 1 is 1.29 bits per heavy atom. The number of urea groups is 1. The van der Waals surface area contributed by atoms with Crippen LogP contribution < -0.4 is 10.6 Å². The predicted octanol–water partition coefficient (Wildman–Crippen LogP) is 1.37. The molecule has 1 aromatic heterocycles. The van der Waals surface area contributed by atoms with Crippen LogP contribution in [0.3, 0.4) is 0 Å². The van der Waals surface area contributed by atoms with E-state index in [1.54, 1.807) is 0 Å². The summed E-state index contributed by atoms with van der Waals surface area (Å²) >= 11 is 1.32. The van der Waals surface area contributed by atoms with Crippen LogP contribution in [0.1, 0.15) is 40.6 Å². The lowest BCUT2D eigenvalue weighted by Crippen LogP contribution is -2.47. The second kappa shape index (κ2) is 7.18. The van der Waals surface area contributed by atoms with E-state index in [4.69, 9.17) is 9.84 Å². The summed E-state index contributed by atoms with van der Waals surface area (Å²) in [7, 11) is 1.28. The molecule has 1 aromatic rings. The van der Waals surface area contributed by atoms with E-state index in [-0.39, 0.29) is 0 Å². The third-order valence-electron chi connectivity index (χ3n) is 3.84. The number of carbonyl (C=O) groups excluding carboxylic acids is 2. The van der Waals surface area contributed by atoms with Gasteiger partial charge in [-0.1, -0.05) is 0 Å². The summed E-state index contributed by atoms with van der Waals surface area (Å²) in [4.78, 5) is 35.9. The molecule has 8 nitrogen and oxygen atoms in total. The Bertz CT molecular complexity index is 667. The first-order chi connectivity index (χ1) is 11.3. The van der Waals surface area contributed by atoms with Gasteiger partial charge in [0.2, 0.25) is 0 Å². The molecule has 0 fully saturated rings. The number of amides is 2. The molecule has 132 valence electrons. The van der Waals surface area contributed by atoms with Crippen molar-refractivity contribution in [2.45, 2.75) is 38.2 Å². The molecule has 0 aliphatic heterocycles. The Morgan fingerprint density at radius 2 is 1.96 bits per heavy atom. The lowest BCUT2D eigenvalue weighted by molar-refractivity contribution is -0.155. The highest BCUT2D eigenvalue weighted by Crippen LogP contribution is 2.38. The summed E-state index contributed by atoms with van der Waals surface area (Å²) in [6.07, 6.45) is 3.61. The molecule has 1 unspecified atom stereocenters. The van der Waals surface area contributed by atoms with Crippen molar-refractivity contribution in [3.05, 3.63) is 16.0 Å². The fraction of sp³-hybridized carbons (Fsp3) is 0.533. The van der Waals surface area contributed by atoms with E-state index < -0.39 is 30.1 Å². The Morgan fingerprint density at radius 3 is 2.58 bits per heavy atom. The van der Waals surface area contributed by atoms with E-state index in [2.05, 4.69) is 10.6 Å². The number of methoxy groups -OCH3 is 1. The SMILES string of the molecule is COC(=O)c1c(NC(=O)NCC(C)(O)C(=O)O)sc2c1CCCC2. The molecular weight excluding hydrogens is 336 g/mol. The zero-order valence-corrected chi connectivity index (χ0v) is 14.3. The lowest BCUT2D eigenvalue weighted by atomic mass is 9.95. The van der Waals surface area contributed by atoms with Gasteiger partial charge < -0.3 is 20.3 Å². The van der Waals surface area contributed by atoms with Gasteiger partial charge in [0.25, 0.3) is 0 Å². The van der Waals surface area contributed by atoms with Crippen LogP contribution in [0.5, 0.6) is 0 Å². The maximum Gasteiger partial charge on any atom is 0.341 e. The maximum absolute atomic E-state index is 12.1. The van der Waals surface area contributed by atoms with Crippen LogP contribution >= 0.6 is 11.3 Å². The van der Waals surface area contributed by atoms with Gasteiger partial charge in [0.15, 0.2) is 5.60 Å². The van der Waals surface area contributed by atoms with E-state index >= 15 is 0 Å². The number of esters is 1. The first-order valence-corrected chi connectivity index (χ1v) is 8.31. The number of aliphatic hydroxyl groups is 1. The fourth-order valence-corrected chi connectivity index (χ4v) is 3.72. The summed E-state index contributed by atoms with van der Waals surface area (Å²) in [6.45, 7) is 0.617. The number of aliphatic carboxylic acids is 1. The first-order valence-electron chi connectivity index (χ1n) is 7.49. The van der Waals surface area contributed by atoms with Crippen molar-refractivity contribution in [3.8, 4) is 0 Å². The van der Waals surface area contributed by atoms with Gasteiger partial charge in [-0.15, -0.1) is 11.3 Å². The Labute approximate surface area is 142 Å². The van der Waals surface area contributed by atoms with E-state index in [1.165, 1.54) is 18.4 Å². The molecule has 0 bridgehead atoms. The molecule has 1 heterocycles. The minimum absolute atomic E-state index is 0.359. The van der Waals surface area contributed by atoms with Crippen molar-refractivity contribution >= 4 is 34.3 Å². The molecule has 0 saturated heterocycles. The topological polar surface area (TPSA) is 125 Å². The molecule has 2 amide bonds. The number of anilines is 1. The minimum Gasteiger partial charge on any atom is -0.479 e. The second-order valence-electron chi connectivity index (χ2n) is 5.79.